The number of carboxylic acid groups (broad SMARTS) is 2. The maximum absolute atomic E-state index is 10.7. The Balaban J connectivity index is 0.000000251. The van der Waals surface area contributed by atoms with Gasteiger partial charge in [-0.2, -0.15) is 0 Å². The van der Waals surface area contributed by atoms with Crippen LogP contribution in [0.25, 0.3) is 0 Å². The molecule has 0 bridgehead atoms. The normalized spacial score (nSPS) is 12.2. The fourth-order valence-corrected chi connectivity index (χ4v) is 1.77. The van der Waals surface area contributed by atoms with Crippen LogP contribution in [0.1, 0.15) is 18.1 Å². The van der Waals surface area contributed by atoms with Gasteiger partial charge in [0.15, 0.2) is 5.60 Å². The van der Waals surface area contributed by atoms with Crippen molar-refractivity contribution in [2.75, 3.05) is 0 Å². The summed E-state index contributed by atoms with van der Waals surface area (Å²) in [4.78, 5) is 31.5. The molecule has 0 saturated heterocycles. The van der Waals surface area contributed by atoms with E-state index in [1.807, 2.05) is 6.07 Å². The van der Waals surface area contributed by atoms with Gasteiger partial charge in [0.2, 0.25) is 5.78 Å². The molecule has 2 aromatic carbocycles. The summed E-state index contributed by atoms with van der Waals surface area (Å²) < 4.78 is 0. The number of carbonyl (C=O) groups is 3. The zero-order valence-electron chi connectivity index (χ0n) is 13.4. The smallest absolute Gasteiger partial charge is 0.372 e. The number of ketones is 1. The number of benzene rings is 2. The SMILES string of the molecule is CC(O)(C(=O)O)c1ccc(O)cc1.O=C(O)C(=O)Cc1ccccc1. The molecule has 7 nitrogen and oxygen atoms in total. The highest BCUT2D eigenvalue weighted by Crippen LogP contribution is 2.22. The molecule has 2 aromatic rings. The Morgan fingerprint density at radius 2 is 1.44 bits per heavy atom. The number of phenols is 1. The summed E-state index contributed by atoms with van der Waals surface area (Å²) in [6, 6.07) is 14.2. The maximum atomic E-state index is 10.7. The summed E-state index contributed by atoms with van der Waals surface area (Å²) in [7, 11) is 0. The molecule has 0 heterocycles. The summed E-state index contributed by atoms with van der Waals surface area (Å²) in [5.41, 5.74) is -0.948. The monoisotopic (exact) mass is 346 g/mol. The molecule has 2 rings (SSSR count). The van der Waals surface area contributed by atoms with Crippen molar-refractivity contribution in [3.63, 3.8) is 0 Å². The second kappa shape index (κ2) is 8.60. The van der Waals surface area contributed by atoms with Crippen LogP contribution in [0.4, 0.5) is 0 Å². The number of aliphatic hydroxyl groups is 1. The van der Waals surface area contributed by atoms with Crippen LogP contribution in [0, 0.1) is 0 Å². The van der Waals surface area contributed by atoms with E-state index in [1.54, 1.807) is 24.3 Å². The molecule has 0 aliphatic heterocycles. The van der Waals surface area contributed by atoms with Gasteiger partial charge in [-0.3, -0.25) is 4.79 Å². The Labute approximate surface area is 143 Å². The Morgan fingerprint density at radius 3 is 1.88 bits per heavy atom. The lowest BCUT2D eigenvalue weighted by atomic mass is 9.96. The summed E-state index contributed by atoms with van der Waals surface area (Å²) in [6.07, 6.45) is -0.0316. The topological polar surface area (TPSA) is 132 Å². The number of aliphatic carboxylic acids is 2. The van der Waals surface area contributed by atoms with Crippen molar-refractivity contribution < 1.29 is 34.8 Å². The fourth-order valence-electron chi connectivity index (χ4n) is 1.77. The fraction of sp³-hybridized carbons (Fsp3) is 0.167. The van der Waals surface area contributed by atoms with Crippen molar-refractivity contribution in [3.8, 4) is 5.75 Å². The predicted octanol–water partition coefficient (Wildman–Crippen LogP) is 1.57. The van der Waals surface area contributed by atoms with Gasteiger partial charge in [-0.05, 0) is 30.2 Å². The van der Waals surface area contributed by atoms with Gasteiger partial charge in [-0.15, -0.1) is 0 Å². The molecule has 0 radical (unpaired) electrons. The van der Waals surface area contributed by atoms with Crippen molar-refractivity contribution in [1.29, 1.82) is 0 Å². The highest BCUT2D eigenvalue weighted by molar-refractivity contribution is 6.33. The quantitative estimate of drug-likeness (QED) is 0.604. The van der Waals surface area contributed by atoms with Crippen LogP contribution in [-0.4, -0.2) is 38.1 Å². The molecule has 4 N–H and O–H groups in total. The minimum atomic E-state index is -1.91. The Hall–Kier alpha value is -3.19. The number of hydrogen-bond donors (Lipinski definition) is 4. The Morgan fingerprint density at radius 1 is 0.920 bits per heavy atom. The number of hydrogen-bond acceptors (Lipinski definition) is 5. The van der Waals surface area contributed by atoms with Gasteiger partial charge in [0.05, 0.1) is 0 Å². The highest BCUT2D eigenvalue weighted by atomic mass is 16.4. The van der Waals surface area contributed by atoms with Crippen LogP contribution in [0.3, 0.4) is 0 Å². The van der Waals surface area contributed by atoms with Crippen LogP contribution in [0.5, 0.6) is 5.75 Å². The standard InChI is InChI=1S/C9H10O4.C9H8O3/c1-9(13,8(11)12)6-2-4-7(10)5-3-6;10-8(9(11)12)6-7-4-2-1-3-5-7/h2-5,10,13H,1H3,(H,11,12);1-5H,6H2,(H,11,12). The van der Waals surface area contributed by atoms with Crippen molar-refractivity contribution >= 4 is 17.7 Å². The number of phenolic OH excluding ortho intramolecular Hbond substituents is 1. The number of aromatic hydroxyl groups is 1. The average molecular weight is 346 g/mol. The summed E-state index contributed by atoms with van der Waals surface area (Å²) in [5, 5.41) is 35.3. The Bertz CT molecular complexity index is 734. The first-order chi connectivity index (χ1) is 11.6. The third kappa shape index (κ3) is 6.08. The average Bonchev–Trinajstić information content (AvgIpc) is 2.56. The zero-order valence-corrected chi connectivity index (χ0v) is 13.4. The van der Waals surface area contributed by atoms with Crippen molar-refractivity contribution in [2.45, 2.75) is 18.9 Å². The number of rotatable bonds is 5. The molecule has 0 fully saturated rings. The minimum absolute atomic E-state index is 0.0316. The molecule has 0 saturated carbocycles. The summed E-state index contributed by atoms with van der Waals surface area (Å²) in [5.74, 6) is -3.44. The first kappa shape index (κ1) is 19.9. The van der Waals surface area contributed by atoms with E-state index in [0.29, 0.717) is 0 Å². The molecule has 7 heteroatoms. The van der Waals surface area contributed by atoms with E-state index >= 15 is 0 Å². The van der Waals surface area contributed by atoms with Crippen LogP contribution in [0.15, 0.2) is 54.6 Å². The second-order valence-electron chi connectivity index (χ2n) is 5.31. The van der Waals surface area contributed by atoms with E-state index < -0.39 is 23.3 Å². The first-order valence-corrected chi connectivity index (χ1v) is 7.20. The van der Waals surface area contributed by atoms with Gasteiger partial charge >= 0.3 is 11.9 Å². The molecule has 0 spiro atoms. The van der Waals surface area contributed by atoms with Crippen LogP contribution < -0.4 is 0 Å². The van der Waals surface area contributed by atoms with Gasteiger partial charge in [0.25, 0.3) is 0 Å². The number of carbonyl (C=O) groups excluding carboxylic acids is 1. The van der Waals surface area contributed by atoms with Gasteiger partial charge < -0.3 is 20.4 Å². The van der Waals surface area contributed by atoms with E-state index in [-0.39, 0.29) is 17.7 Å². The van der Waals surface area contributed by atoms with Gasteiger partial charge in [0.1, 0.15) is 5.75 Å². The lowest BCUT2D eigenvalue weighted by Crippen LogP contribution is -2.31. The van der Waals surface area contributed by atoms with Gasteiger partial charge in [-0.25, -0.2) is 9.59 Å². The molecule has 1 unspecified atom stereocenters. The second-order valence-corrected chi connectivity index (χ2v) is 5.31. The first-order valence-electron chi connectivity index (χ1n) is 7.20. The van der Waals surface area contributed by atoms with Crippen molar-refractivity contribution in [3.05, 3.63) is 65.7 Å². The molecule has 0 aromatic heterocycles. The largest absolute Gasteiger partial charge is 0.508 e. The molecule has 1 atom stereocenters. The molecule has 0 aliphatic rings. The van der Waals surface area contributed by atoms with E-state index in [1.165, 1.54) is 31.2 Å². The molecule has 25 heavy (non-hydrogen) atoms. The van der Waals surface area contributed by atoms with E-state index in [0.717, 1.165) is 5.56 Å². The molecule has 132 valence electrons. The maximum Gasteiger partial charge on any atom is 0.372 e. The zero-order chi connectivity index (χ0) is 19.0. The van der Waals surface area contributed by atoms with Gasteiger partial charge in [-0.1, -0.05) is 42.5 Å². The van der Waals surface area contributed by atoms with Crippen LogP contribution in [-0.2, 0) is 26.4 Å². The summed E-state index contributed by atoms with van der Waals surface area (Å²) in [6.45, 7) is 1.18. The highest BCUT2D eigenvalue weighted by Gasteiger charge is 2.31. The molecular weight excluding hydrogens is 328 g/mol. The van der Waals surface area contributed by atoms with E-state index in [4.69, 9.17) is 15.3 Å². The third-order valence-corrected chi connectivity index (χ3v) is 3.29. The molecule has 0 amide bonds. The van der Waals surface area contributed by atoms with E-state index in [2.05, 4.69) is 0 Å². The Kier molecular flexibility index (Phi) is 6.83. The van der Waals surface area contributed by atoms with E-state index in [9.17, 15) is 19.5 Å². The van der Waals surface area contributed by atoms with Crippen LogP contribution in [0.2, 0.25) is 0 Å². The minimum Gasteiger partial charge on any atom is -0.508 e. The number of carboxylic acids is 2. The predicted molar refractivity (Wildman–Crippen MR) is 88.1 cm³/mol. The lowest BCUT2D eigenvalue weighted by molar-refractivity contribution is -0.157. The number of Topliss-reactive ketones (excluding diaryl/α,β-unsaturated/α-hetero) is 1. The van der Waals surface area contributed by atoms with Crippen molar-refractivity contribution in [2.24, 2.45) is 0 Å². The molecule has 0 aliphatic carbocycles. The van der Waals surface area contributed by atoms with Gasteiger partial charge in [0, 0.05) is 6.42 Å². The van der Waals surface area contributed by atoms with Crippen molar-refractivity contribution in [1.82, 2.24) is 0 Å². The summed E-state index contributed by atoms with van der Waals surface area (Å²) >= 11 is 0. The third-order valence-electron chi connectivity index (χ3n) is 3.29. The lowest BCUT2D eigenvalue weighted by Gasteiger charge is -2.17. The molecular formula is C18H18O7. The van der Waals surface area contributed by atoms with Crippen LogP contribution >= 0.6 is 0 Å².